The summed E-state index contributed by atoms with van der Waals surface area (Å²) >= 11 is 9.43. The summed E-state index contributed by atoms with van der Waals surface area (Å²) in [6.07, 6.45) is -4.75. The maximum Gasteiger partial charge on any atom is 0.416 e. The van der Waals surface area contributed by atoms with E-state index in [1.165, 1.54) is 24.3 Å². The van der Waals surface area contributed by atoms with Crippen molar-refractivity contribution in [1.29, 1.82) is 0 Å². The van der Waals surface area contributed by atoms with Crippen molar-refractivity contribution >= 4 is 54.9 Å². The lowest BCUT2D eigenvalue weighted by Gasteiger charge is -2.25. The molecule has 3 aromatic carbocycles. The molecule has 184 valence electrons. The largest absolute Gasteiger partial charge is 0.416 e. The van der Waals surface area contributed by atoms with Gasteiger partial charge in [-0.2, -0.15) is 18.3 Å². The van der Waals surface area contributed by atoms with Gasteiger partial charge >= 0.3 is 6.18 Å². The number of amides is 1. The molecule has 0 radical (unpaired) electrons. The van der Waals surface area contributed by atoms with Gasteiger partial charge in [-0.05, 0) is 55.0 Å². The fourth-order valence-corrected chi connectivity index (χ4v) is 5.11. The van der Waals surface area contributed by atoms with Gasteiger partial charge in [0.25, 0.3) is 15.9 Å². The van der Waals surface area contributed by atoms with E-state index in [0.717, 1.165) is 16.6 Å². The summed E-state index contributed by atoms with van der Waals surface area (Å²) in [5.41, 5.74) is 1.76. The van der Waals surface area contributed by atoms with Gasteiger partial charge in [0.1, 0.15) is 6.54 Å². The summed E-state index contributed by atoms with van der Waals surface area (Å²) in [5.74, 6) is -0.882. The number of sulfonamides is 1. The highest BCUT2D eigenvalue weighted by Crippen LogP contribution is 2.37. The molecule has 3 rings (SSSR count). The minimum atomic E-state index is -4.75. The number of hydrogen-bond donors (Lipinski definition) is 1. The molecule has 35 heavy (non-hydrogen) atoms. The molecule has 0 unspecified atom stereocenters. The number of nitrogens with one attached hydrogen (secondary N) is 1. The first-order valence-corrected chi connectivity index (χ1v) is 12.5. The minimum absolute atomic E-state index is 0.227. The second-order valence-corrected chi connectivity index (χ2v) is 10.4. The number of alkyl halides is 3. The number of hydrogen-bond acceptors (Lipinski definition) is 4. The SMILES string of the molecule is CC(=NNC(=O)CN(c1cc(C(F)(F)F)ccc1Cl)S(=O)(=O)c1ccccc1)c1cccc(Br)c1. The number of hydrazone groups is 1. The standard InChI is InChI=1S/C23H18BrClF3N3O3S/c1-15(16-6-5-7-18(24)12-16)29-30-22(32)14-31(35(33,34)19-8-3-2-4-9-19)21-13-17(23(26,27)28)10-11-20(21)25/h2-13H,14H2,1H3,(H,30,32). The summed E-state index contributed by atoms with van der Waals surface area (Å²) in [7, 11) is -4.46. The van der Waals surface area contributed by atoms with E-state index in [-0.39, 0.29) is 9.92 Å². The number of rotatable bonds is 7. The maximum atomic E-state index is 13.3. The third-order valence-corrected chi connectivity index (χ3v) is 7.34. The summed E-state index contributed by atoms with van der Waals surface area (Å²) in [4.78, 5) is 12.5. The molecule has 0 saturated carbocycles. The zero-order chi connectivity index (χ0) is 25.8. The second-order valence-electron chi connectivity index (χ2n) is 7.23. The molecule has 1 N–H and O–H groups in total. The van der Waals surface area contributed by atoms with Gasteiger partial charge in [0, 0.05) is 4.47 Å². The van der Waals surface area contributed by atoms with Crippen LogP contribution in [0.5, 0.6) is 0 Å². The predicted octanol–water partition coefficient (Wildman–Crippen LogP) is 5.86. The van der Waals surface area contributed by atoms with Crippen LogP contribution in [0.15, 0.2) is 87.3 Å². The Labute approximate surface area is 213 Å². The summed E-state index contributed by atoms with van der Waals surface area (Å²) in [6, 6.07) is 16.3. The molecule has 1 amide bonds. The molecule has 0 heterocycles. The van der Waals surface area contributed by atoms with Crippen molar-refractivity contribution in [2.45, 2.75) is 18.0 Å². The van der Waals surface area contributed by atoms with Gasteiger partial charge in [-0.1, -0.05) is 57.9 Å². The van der Waals surface area contributed by atoms with Crippen LogP contribution in [-0.4, -0.2) is 26.6 Å². The van der Waals surface area contributed by atoms with Crippen molar-refractivity contribution in [3.8, 4) is 0 Å². The Morgan fingerprint density at radius 2 is 1.74 bits per heavy atom. The Balaban J connectivity index is 1.99. The van der Waals surface area contributed by atoms with Gasteiger partial charge in [0.2, 0.25) is 0 Å². The van der Waals surface area contributed by atoms with Crippen LogP contribution in [0.25, 0.3) is 0 Å². The van der Waals surface area contributed by atoms with Gasteiger partial charge in [-0.25, -0.2) is 13.8 Å². The predicted molar refractivity (Wildman–Crippen MR) is 132 cm³/mol. The molecule has 0 bridgehead atoms. The van der Waals surface area contributed by atoms with Gasteiger partial charge in [-0.3, -0.25) is 9.10 Å². The zero-order valence-corrected chi connectivity index (χ0v) is 21.2. The molecule has 12 heteroatoms. The number of carbonyl (C=O) groups excluding carboxylic acids is 1. The first kappa shape index (κ1) is 26.7. The van der Waals surface area contributed by atoms with E-state index in [0.29, 0.717) is 21.6 Å². The van der Waals surface area contributed by atoms with Crippen LogP contribution in [0, 0.1) is 0 Å². The van der Waals surface area contributed by atoms with Crippen LogP contribution < -0.4 is 9.73 Å². The first-order valence-electron chi connectivity index (χ1n) is 9.93. The van der Waals surface area contributed by atoms with Gasteiger partial charge in [0.15, 0.2) is 0 Å². The van der Waals surface area contributed by atoms with E-state index in [4.69, 9.17) is 11.6 Å². The molecule has 3 aromatic rings. The van der Waals surface area contributed by atoms with Crippen LogP contribution in [0.4, 0.5) is 18.9 Å². The van der Waals surface area contributed by atoms with Crippen molar-refractivity contribution in [3.63, 3.8) is 0 Å². The lowest BCUT2D eigenvalue weighted by molar-refractivity contribution is -0.137. The molecule has 0 atom stereocenters. The number of carbonyl (C=O) groups is 1. The fraction of sp³-hybridized carbons (Fsp3) is 0.130. The van der Waals surface area contributed by atoms with E-state index in [1.807, 2.05) is 0 Å². The molecule has 0 fully saturated rings. The first-order chi connectivity index (χ1) is 16.4. The van der Waals surface area contributed by atoms with Crippen LogP contribution in [0.3, 0.4) is 0 Å². The van der Waals surface area contributed by atoms with Crippen molar-refractivity contribution in [3.05, 3.63) is 93.4 Å². The zero-order valence-electron chi connectivity index (χ0n) is 18.1. The van der Waals surface area contributed by atoms with Crippen LogP contribution in [-0.2, 0) is 21.0 Å². The van der Waals surface area contributed by atoms with E-state index in [9.17, 15) is 26.4 Å². The highest BCUT2D eigenvalue weighted by Gasteiger charge is 2.34. The Hall–Kier alpha value is -2.89. The monoisotopic (exact) mass is 587 g/mol. The Morgan fingerprint density at radius 1 is 1.06 bits per heavy atom. The summed E-state index contributed by atoms with van der Waals surface area (Å²) in [5, 5.41) is 3.70. The number of anilines is 1. The molecule has 0 aliphatic carbocycles. The van der Waals surface area contributed by atoms with E-state index in [2.05, 4.69) is 26.5 Å². The Morgan fingerprint density at radius 3 is 2.37 bits per heavy atom. The molecular weight excluding hydrogens is 571 g/mol. The second kappa shape index (κ2) is 10.8. The molecule has 0 aromatic heterocycles. The molecule has 0 aliphatic heterocycles. The number of halogens is 5. The average molecular weight is 589 g/mol. The van der Waals surface area contributed by atoms with Crippen LogP contribution in [0.1, 0.15) is 18.1 Å². The van der Waals surface area contributed by atoms with E-state index >= 15 is 0 Å². The molecule has 0 saturated heterocycles. The quantitative estimate of drug-likeness (QED) is 0.278. The number of nitrogens with zero attached hydrogens (tertiary/aromatic N) is 2. The highest BCUT2D eigenvalue weighted by atomic mass is 79.9. The van der Waals surface area contributed by atoms with E-state index < -0.39 is 39.9 Å². The summed E-state index contributed by atoms with van der Waals surface area (Å²) < 4.78 is 68.0. The van der Waals surface area contributed by atoms with Crippen molar-refractivity contribution < 1.29 is 26.4 Å². The maximum absolute atomic E-state index is 13.3. The van der Waals surface area contributed by atoms with Crippen LogP contribution in [0.2, 0.25) is 5.02 Å². The van der Waals surface area contributed by atoms with Crippen molar-refractivity contribution in [2.24, 2.45) is 5.10 Å². The third kappa shape index (κ3) is 6.62. The molecular formula is C23H18BrClF3N3O3S. The lowest BCUT2D eigenvalue weighted by atomic mass is 10.1. The van der Waals surface area contributed by atoms with Crippen LogP contribution >= 0.6 is 27.5 Å². The highest BCUT2D eigenvalue weighted by molar-refractivity contribution is 9.10. The fourth-order valence-electron chi connectivity index (χ4n) is 2.99. The minimum Gasteiger partial charge on any atom is -0.271 e. The van der Waals surface area contributed by atoms with Crippen molar-refractivity contribution in [1.82, 2.24) is 5.43 Å². The molecule has 0 spiro atoms. The normalized spacial score (nSPS) is 12.3. The summed E-state index contributed by atoms with van der Waals surface area (Å²) in [6.45, 7) is 0.762. The van der Waals surface area contributed by atoms with Crippen molar-refractivity contribution in [2.75, 3.05) is 10.8 Å². The lowest BCUT2D eigenvalue weighted by Crippen LogP contribution is -2.40. The van der Waals surface area contributed by atoms with Gasteiger partial charge in [-0.15, -0.1) is 0 Å². The third-order valence-electron chi connectivity index (χ3n) is 4.75. The Bertz CT molecular complexity index is 1370. The average Bonchev–Trinajstić information content (AvgIpc) is 2.81. The topological polar surface area (TPSA) is 78.8 Å². The molecule has 0 aliphatic rings. The Kier molecular flexibility index (Phi) is 8.24. The van der Waals surface area contributed by atoms with Gasteiger partial charge in [0.05, 0.1) is 26.9 Å². The number of benzene rings is 3. The molecule has 6 nitrogen and oxygen atoms in total. The van der Waals surface area contributed by atoms with Gasteiger partial charge < -0.3 is 0 Å². The smallest absolute Gasteiger partial charge is 0.271 e. The van der Waals surface area contributed by atoms with E-state index in [1.54, 1.807) is 37.3 Å².